The summed E-state index contributed by atoms with van der Waals surface area (Å²) in [5.74, 6) is 0.0620. The molecule has 0 unspecified atom stereocenters. The SMILES string of the molecule is CC(=O)NC1CCN(C(=O)Cc2c(C)nn(-c3ccc(Cl)c(Cl)c3)c2C)CC1. The third kappa shape index (κ3) is 4.50. The lowest BCUT2D eigenvalue weighted by Gasteiger charge is -2.32. The van der Waals surface area contributed by atoms with Crippen LogP contribution >= 0.6 is 23.2 Å². The second-order valence-corrected chi connectivity index (χ2v) is 8.01. The predicted molar refractivity (Wildman–Crippen MR) is 110 cm³/mol. The van der Waals surface area contributed by atoms with Gasteiger partial charge in [-0.25, -0.2) is 4.68 Å². The van der Waals surface area contributed by atoms with Crippen LogP contribution in [0.2, 0.25) is 10.0 Å². The van der Waals surface area contributed by atoms with Gasteiger partial charge in [0.05, 0.1) is 27.8 Å². The average Bonchev–Trinajstić information content (AvgIpc) is 2.92. The zero-order valence-corrected chi connectivity index (χ0v) is 17.8. The van der Waals surface area contributed by atoms with Crippen molar-refractivity contribution in [3.8, 4) is 5.69 Å². The van der Waals surface area contributed by atoms with Gasteiger partial charge >= 0.3 is 0 Å². The number of hydrogen-bond donors (Lipinski definition) is 1. The van der Waals surface area contributed by atoms with Crippen LogP contribution in [-0.2, 0) is 16.0 Å². The fraction of sp³-hybridized carbons (Fsp3) is 0.450. The van der Waals surface area contributed by atoms with Crippen molar-refractivity contribution in [2.45, 2.75) is 46.1 Å². The lowest BCUT2D eigenvalue weighted by molar-refractivity contribution is -0.131. The van der Waals surface area contributed by atoms with Crippen molar-refractivity contribution in [2.75, 3.05) is 13.1 Å². The number of carbonyl (C=O) groups is 2. The number of aromatic nitrogens is 2. The Balaban J connectivity index is 1.71. The van der Waals surface area contributed by atoms with Gasteiger partial charge in [-0.15, -0.1) is 0 Å². The van der Waals surface area contributed by atoms with Gasteiger partial charge in [-0.2, -0.15) is 5.10 Å². The van der Waals surface area contributed by atoms with E-state index in [1.165, 1.54) is 6.92 Å². The Morgan fingerprint density at radius 1 is 1.18 bits per heavy atom. The van der Waals surface area contributed by atoms with Crippen LogP contribution in [0.3, 0.4) is 0 Å². The van der Waals surface area contributed by atoms with Gasteiger partial charge in [0.25, 0.3) is 0 Å². The lowest BCUT2D eigenvalue weighted by atomic mass is 10.0. The van der Waals surface area contributed by atoms with Gasteiger partial charge in [-0.1, -0.05) is 23.2 Å². The minimum atomic E-state index is -0.0225. The number of piperidine rings is 1. The highest BCUT2D eigenvalue weighted by Crippen LogP contribution is 2.26. The van der Waals surface area contributed by atoms with Gasteiger partial charge in [-0.3, -0.25) is 9.59 Å². The van der Waals surface area contributed by atoms with E-state index in [9.17, 15) is 9.59 Å². The van der Waals surface area contributed by atoms with Crippen LogP contribution in [0, 0.1) is 13.8 Å². The molecule has 0 saturated carbocycles. The van der Waals surface area contributed by atoms with Crippen molar-refractivity contribution < 1.29 is 9.59 Å². The summed E-state index contributed by atoms with van der Waals surface area (Å²) in [5.41, 5.74) is 3.48. The maximum atomic E-state index is 12.8. The summed E-state index contributed by atoms with van der Waals surface area (Å²) in [7, 11) is 0. The molecule has 6 nitrogen and oxygen atoms in total. The van der Waals surface area contributed by atoms with Crippen LogP contribution < -0.4 is 5.32 Å². The minimum Gasteiger partial charge on any atom is -0.353 e. The molecule has 0 aliphatic carbocycles. The first kappa shape index (κ1) is 20.7. The second-order valence-electron chi connectivity index (χ2n) is 7.19. The number of likely N-dealkylation sites (tertiary alicyclic amines) is 1. The topological polar surface area (TPSA) is 67.2 Å². The highest BCUT2D eigenvalue weighted by Gasteiger charge is 2.25. The van der Waals surface area contributed by atoms with Gasteiger partial charge in [0.1, 0.15) is 0 Å². The molecule has 8 heteroatoms. The first-order valence-corrected chi connectivity index (χ1v) is 10.1. The summed E-state index contributed by atoms with van der Waals surface area (Å²) in [6.45, 7) is 6.70. The molecular weight excluding hydrogens is 399 g/mol. The van der Waals surface area contributed by atoms with E-state index >= 15 is 0 Å². The zero-order chi connectivity index (χ0) is 20.4. The van der Waals surface area contributed by atoms with Crippen LogP contribution in [0.25, 0.3) is 5.69 Å². The summed E-state index contributed by atoms with van der Waals surface area (Å²) in [4.78, 5) is 25.9. The molecule has 1 aromatic heterocycles. The van der Waals surface area contributed by atoms with Crippen molar-refractivity contribution in [2.24, 2.45) is 0 Å². The van der Waals surface area contributed by atoms with Crippen LogP contribution in [0.5, 0.6) is 0 Å². The minimum absolute atomic E-state index is 0.0225. The van der Waals surface area contributed by atoms with E-state index < -0.39 is 0 Å². The molecule has 0 bridgehead atoms. The Kier molecular flexibility index (Phi) is 6.30. The highest BCUT2D eigenvalue weighted by atomic mass is 35.5. The van der Waals surface area contributed by atoms with E-state index in [2.05, 4.69) is 10.4 Å². The maximum absolute atomic E-state index is 12.8. The number of nitrogens with zero attached hydrogens (tertiary/aromatic N) is 3. The zero-order valence-electron chi connectivity index (χ0n) is 16.3. The Bertz CT molecular complexity index is 902. The monoisotopic (exact) mass is 422 g/mol. The third-order valence-electron chi connectivity index (χ3n) is 5.17. The number of benzene rings is 1. The smallest absolute Gasteiger partial charge is 0.227 e. The molecule has 28 heavy (non-hydrogen) atoms. The van der Waals surface area contributed by atoms with Crippen LogP contribution in [0.4, 0.5) is 0 Å². The van der Waals surface area contributed by atoms with E-state index in [-0.39, 0.29) is 17.9 Å². The number of amides is 2. The second kappa shape index (κ2) is 8.53. The summed E-state index contributed by atoms with van der Waals surface area (Å²) in [5, 5.41) is 8.47. The third-order valence-corrected chi connectivity index (χ3v) is 5.91. The molecule has 1 saturated heterocycles. The van der Waals surface area contributed by atoms with Gasteiger partial charge in [0, 0.05) is 37.3 Å². The molecular formula is C20H24Cl2N4O2. The van der Waals surface area contributed by atoms with Crippen molar-refractivity contribution in [1.29, 1.82) is 0 Å². The first-order valence-electron chi connectivity index (χ1n) is 9.31. The van der Waals surface area contributed by atoms with Gasteiger partial charge in [-0.05, 0) is 44.9 Å². The number of aryl methyl sites for hydroxylation is 1. The molecule has 1 aromatic carbocycles. The number of nitrogens with one attached hydrogen (secondary N) is 1. The molecule has 2 amide bonds. The Hall–Kier alpha value is -2.05. The predicted octanol–water partition coefficient (Wildman–Crippen LogP) is 3.47. The fourth-order valence-electron chi connectivity index (χ4n) is 3.62. The summed E-state index contributed by atoms with van der Waals surface area (Å²) in [6.07, 6.45) is 1.88. The molecule has 1 aliphatic heterocycles. The number of halogens is 2. The molecule has 1 aliphatic rings. The van der Waals surface area contributed by atoms with Crippen molar-refractivity contribution >= 4 is 35.0 Å². The summed E-state index contributed by atoms with van der Waals surface area (Å²) >= 11 is 12.1. The van der Waals surface area contributed by atoms with Gasteiger partial charge in [0.15, 0.2) is 0 Å². The Labute approximate surface area is 174 Å². The molecule has 1 fully saturated rings. The fourth-order valence-corrected chi connectivity index (χ4v) is 3.92. The molecule has 2 heterocycles. The van der Waals surface area contributed by atoms with E-state index in [1.807, 2.05) is 24.8 Å². The largest absolute Gasteiger partial charge is 0.353 e. The van der Waals surface area contributed by atoms with E-state index in [0.717, 1.165) is 35.5 Å². The molecule has 1 N–H and O–H groups in total. The molecule has 0 atom stereocenters. The van der Waals surface area contributed by atoms with E-state index in [0.29, 0.717) is 29.6 Å². The molecule has 150 valence electrons. The van der Waals surface area contributed by atoms with Gasteiger partial charge < -0.3 is 10.2 Å². The number of carbonyl (C=O) groups excluding carboxylic acids is 2. The highest BCUT2D eigenvalue weighted by molar-refractivity contribution is 6.42. The van der Waals surface area contributed by atoms with E-state index in [1.54, 1.807) is 16.8 Å². The van der Waals surface area contributed by atoms with Crippen LogP contribution in [0.1, 0.15) is 36.7 Å². The summed E-state index contributed by atoms with van der Waals surface area (Å²) < 4.78 is 1.79. The molecule has 2 aromatic rings. The van der Waals surface area contributed by atoms with Crippen molar-refractivity contribution in [1.82, 2.24) is 20.0 Å². The molecule has 3 rings (SSSR count). The van der Waals surface area contributed by atoms with Crippen LogP contribution in [-0.4, -0.2) is 45.6 Å². The van der Waals surface area contributed by atoms with Crippen molar-refractivity contribution in [3.63, 3.8) is 0 Å². The Morgan fingerprint density at radius 2 is 1.86 bits per heavy atom. The normalized spacial score (nSPS) is 15.0. The lowest BCUT2D eigenvalue weighted by Crippen LogP contribution is -2.46. The molecule has 0 spiro atoms. The first-order chi connectivity index (χ1) is 13.3. The quantitative estimate of drug-likeness (QED) is 0.819. The average molecular weight is 423 g/mol. The Morgan fingerprint density at radius 3 is 2.46 bits per heavy atom. The maximum Gasteiger partial charge on any atom is 0.227 e. The number of rotatable bonds is 4. The standard InChI is InChI=1S/C20H24Cl2N4O2/c1-12-17(11-20(28)25-8-6-15(7-9-25)23-14(3)27)13(2)26(24-12)16-4-5-18(21)19(22)10-16/h4-5,10,15H,6-9,11H2,1-3H3,(H,23,27). The van der Waals surface area contributed by atoms with Crippen LogP contribution in [0.15, 0.2) is 18.2 Å². The van der Waals surface area contributed by atoms with E-state index in [4.69, 9.17) is 23.2 Å². The number of hydrogen-bond acceptors (Lipinski definition) is 3. The van der Waals surface area contributed by atoms with Gasteiger partial charge in [0.2, 0.25) is 11.8 Å². The summed E-state index contributed by atoms with van der Waals surface area (Å²) in [6, 6.07) is 5.51. The molecule has 0 radical (unpaired) electrons. The van der Waals surface area contributed by atoms with Crippen molar-refractivity contribution in [3.05, 3.63) is 45.2 Å².